The van der Waals surface area contributed by atoms with Crippen LogP contribution < -0.4 is 9.47 Å². The molecule has 4 aliphatic rings. The number of amides is 3. The van der Waals surface area contributed by atoms with Gasteiger partial charge in [0.25, 0.3) is 0 Å². The van der Waals surface area contributed by atoms with E-state index in [9.17, 15) is 29.1 Å². The molecule has 0 bridgehead atoms. The van der Waals surface area contributed by atoms with Crippen LogP contribution in [0.25, 0.3) is 0 Å². The highest BCUT2D eigenvalue weighted by Gasteiger charge is 2.58. The summed E-state index contributed by atoms with van der Waals surface area (Å²) in [6.07, 6.45) is 2.33. The van der Waals surface area contributed by atoms with Gasteiger partial charge in [0.05, 0.1) is 33.2 Å². The minimum atomic E-state index is -1.05. The molecule has 0 aromatic heterocycles. The van der Waals surface area contributed by atoms with Gasteiger partial charge in [-0.1, -0.05) is 11.6 Å². The summed E-state index contributed by atoms with van der Waals surface area (Å²) in [5, 5.41) is 10.5. The second-order valence-electron chi connectivity index (χ2n) is 9.48. The fourth-order valence-corrected chi connectivity index (χ4v) is 6.11. The van der Waals surface area contributed by atoms with Crippen molar-refractivity contribution in [3.05, 3.63) is 52.1 Å². The van der Waals surface area contributed by atoms with E-state index in [2.05, 4.69) is 4.74 Å². The van der Waals surface area contributed by atoms with Gasteiger partial charge in [0.1, 0.15) is 0 Å². The van der Waals surface area contributed by atoms with Crippen molar-refractivity contribution < 1.29 is 43.3 Å². The number of fused-ring (bicyclic) bond motifs is 3. The average molecular weight is 507 g/mol. The lowest BCUT2D eigenvalue weighted by molar-refractivity contribution is -0.137. The van der Waals surface area contributed by atoms with Gasteiger partial charge in [0.2, 0.25) is 17.6 Å². The predicted molar refractivity (Wildman–Crippen MR) is 127 cm³/mol. The van der Waals surface area contributed by atoms with Crippen molar-refractivity contribution in [1.82, 2.24) is 4.90 Å². The average Bonchev–Trinajstić information content (AvgIpc) is 3.15. The van der Waals surface area contributed by atoms with E-state index >= 15 is 0 Å². The summed E-state index contributed by atoms with van der Waals surface area (Å²) in [5.74, 6) is -4.98. The molecule has 10 nitrogen and oxygen atoms in total. The number of phenols is 1. The lowest BCUT2D eigenvalue weighted by atomic mass is 9.59. The summed E-state index contributed by atoms with van der Waals surface area (Å²) in [4.78, 5) is 65.8. The Balaban J connectivity index is 1.71. The van der Waals surface area contributed by atoms with Crippen molar-refractivity contribution >= 4 is 29.5 Å². The van der Waals surface area contributed by atoms with Crippen molar-refractivity contribution in [3.63, 3.8) is 0 Å². The van der Waals surface area contributed by atoms with Gasteiger partial charge >= 0.3 is 6.09 Å². The van der Waals surface area contributed by atoms with Crippen LogP contribution >= 0.6 is 0 Å². The number of imide groups is 3. The van der Waals surface area contributed by atoms with Crippen LogP contribution in [0.15, 0.2) is 46.6 Å². The number of likely N-dealkylation sites (tertiary alicyclic amines) is 1. The first kappa shape index (κ1) is 24.5. The highest BCUT2D eigenvalue weighted by Crippen LogP contribution is 2.56. The van der Waals surface area contributed by atoms with E-state index < -0.39 is 41.6 Å². The molecule has 192 valence electrons. The monoisotopic (exact) mass is 507 g/mol. The molecule has 1 aromatic rings. The first-order valence-electron chi connectivity index (χ1n) is 11.7. The van der Waals surface area contributed by atoms with Crippen LogP contribution in [0.1, 0.15) is 31.2 Å². The molecular weight excluding hydrogens is 482 g/mol. The predicted octanol–water partition coefficient (Wildman–Crippen LogP) is 2.61. The summed E-state index contributed by atoms with van der Waals surface area (Å²) in [7, 11) is 3.85. The number of phenolic OH excluding ortho intramolecular Hbond substituents is 1. The maximum absolute atomic E-state index is 13.4. The lowest BCUT2D eigenvalue weighted by Gasteiger charge is -2.42. The summed E-state index contributed by atoms with van der Waals surface area (Å²) in [5.41, 5.74) is 2.06. The number of ketones is 2. The first-order chi connectivity index (χ1) is 17.6. The van der Waals surface area contributed by atoms with Crippen molar-refractivity contribution in [3.8, 4) is 17.2 Å². The van der Waals surface area contributed by atoms with Gasteiger partial charge in [0.15, 0.2) is 23.1 Å². The van der Waals surface area contributed by atoms with Crippen molar-refractivity contribution in [2.75, 3.05) is 21.3 Å². The van der Waals surface area contributed by atoms with Gasteiger partial charge in [0, 0.05) is 22.6 Å². The summed E-state index contributed by atoms with van der Waals surface area (Å²) in [6.45, 7) is 1.56. The van der Waals surface area contributed by atoms with Crippen LogP contribution in [0.5, 0.6) is 17.2 Å². The number of hydrogen-bond acceptors (Lipinski definition) is 9. The normalized spacial score (nSPS) is 26.8. The van der Waals surface area contributed by atoms with E-state index in [0.717, 1.165) is 7.11 Å². The van der Waals surface area contributed by atoms with Crippen molar-refractivity contribution in [2.45, 2.75) is 25.7 Å². The number of Topliss-reactive ketones (excluding diaryl/α,β-unsaturated/α-hetero) is 1. The quantitative estimate of drug-likeness (QED) is 0.372. The Morgan fingerprint density at radius 2 is 1.65 bits per heavy atom. The van der Waals surface area contributed by atoms with Crippen molar-refractivity contribution in [2.24, 2.45) is 17.8 Å². The van der Waals surface area contributed by atoms with Crippen LogP contribution in [0.3, 0.4) is 0 Å². The first-order valence-corrected chi connectivity index (χ1v) is 11.7. The Morgan fingerprint density at radius 3 is 2.24 bits per heavy atom. The van der Waals surface area contributed by atoms with E-state index in [1.165, 1.54) is 20.3 Å². The maximum Gasteiger partial charge on any atom is 0.423 e. The third-order valence-corrected chi connectivity index (χ3v) is 7.75. The van der Waals surface area contributed by atoms with Crippen LogP contribution in [0.4, 0.5) is 4.79 Å². The minimum Gasteiger partial charge on any atom is -0.502 e. The van der Waals surface area contributed by atoms with E-state index in [4.69, 9.17) is 9.47 Å². The van der Waals surface area contributed by atoms with Crippen molar-refractivity contribution in [1.29, 1.82) is 0 Å². The smallest absolute Gasteiger partial charge is 0.423 e. The van der Waals surface area contributed by atoms with Gasteiger partial charge in [-0.3, -0.25) is 19.2 Å². The topological polar surface area (TPSA) is 137 Å². The summed E-state index contributed by atoms with van der Waals surface area (Å²) in [6, 6.07) is 3.13. The Labute approximate surface area is 212 Å². The maximum atomic E-state index is 13.4. The fraction of sp³-hybridized carbons (Fsp3) is 0.370. The lowest BCUT2D eigenvalue weighted by Crippen LogP contribution is -2.40. The molecule has 3 amide bonds. The molecule has 0 spiro atoms. The Morgan fingerprint density at radius 1 is 1.00 bits per heavy atom. The van der Waals surface area contributed by atoms with Gasteiger partial charge < -0.3 is 19.3 Å². The minimum absolute atomic E-state index is 0.0783. The third kappa shape index (κ3) is 3.42. The number of rotatable bonds is 3. The number of nitrogens with zero attached hydrogens (tertiary/aromatic N) is 1. The number of allylic oxidation sites excluding steroid dienone is 6. The van der Waals surface area contributed by atoms with Gasteiger partial charge in [-0.25, -0.2) is 4.79 Å². The zero-order valence-corrected chi connectivity index (χ0v) is 20.7. The standard InChI is InChI=1S/C27H25NO9/c1-11-7-17(29)22-16(23(11)30)10-15-13(20(22)12-8-18(35-2)24(31)19(9-12)36-3)5-6-14-21(15)26(33)28(25(14)32)27(34)37-4/h5,7-9,14-15,20-21,31H,6,10H2,1-4H3. The number of ether oxygens (including phenoxy) is 3. The largest absolute Gasteiger partial charge is 0.502 e. The molecule has 1 N–H and O–H groups in total. The molecule has 1 aliphatic heterocycles. The number of methoxy groups -OCH3 is 3. The highest BCUT2D eigenvalue weighted by molar-refractivity contribution is 6.24. The number of carbonyl (C=O) groups excluding carboxylic acids is 5. The zero-order valence-electron chi connectivity index (χ0n) is 20.7. The van der Waals surface area contributed by atoms with Gasteiger partial charge in [-0.15, -0.1) is 0 Å². The van der Waals surface area contributed by atoms with Gasteiger partial charge in [-0.05, 0) is 49.5 Å². The molecule has 4 unspecified atom stereocenters. The molecule has 37 heavy (non-hydrogen) atoms. The Kier molecular flexibility index (Phi) is 5.77. The molecule has 1 heterocycles. The number of hydrogen-bond donors (Lipinski definition) is 1. The fourth-order valence-electron chi connectivity index (χ4n) is 6.11. The summed E-state index contributed by atoms with van der Waals surface area (Å²) >= 11 is 0. The second kappa shape index (κ2) is 8.72. The number of carbonyl (C=O) groups is 5. The third-order valence-electron chi connectivity index (χ3n) is 7.75. The molecule has 1 fully saturated rings. The molecule has 1 aromatic carbocycles. The number of aromatic hydroxyl groups is 1. The van der Waals surface area contributed by atoms with Crippen LogP contribution in [0, 0.1) is 17.8 Å². The molecule has 10 heteroatoms. The Hall–Kier alpha value is -4.21. The molecule has 4 atom stereocenters. The molecular formula is C27H25NO9. The molecule has 0 radical (unpaired) electrons. The SMILES string of the molecule is COC(=O)N1C(=O)C2CC=C3C(c4cc(OC)c(O)c(OC)c4)C4=C(CC3C2C1=O)C(=O)C(C)=CC4=O. The van der Waals surface area contributed by atoms with Gasteiger partial charge in [-0.2, -0.15) is 4.90 Å². The molecule has 0 saturated carbocycles. The number of benzene rings is 1. The second-order valence-corrected chi connectivity index (χ2v) is 9.48. The zero-order chi connectivity index (χ0) is 26.8. The van der Waals surface area contributed by atoms with Crippen LogP contribution in [-0.4, -0.2) is 60.8 Å². The van der Waals surface area contributed by atoms with Crippen LogP contribution in [-0.2, 0) is 23.9 Å². The van der Waals surface area contributed by atoms with E-state index in [-0.39, 0.29) is 58.4 Å². The van der Waals surface area contributed by atoms with Crippen LogP contribution in [0.2, 0.25) is 0 Å². The van der Waals surface area contributed by atoms with E-state index in [1.807, 2.05) is 6.08 Å². The van der Waals surface area contributed by atoms with E-state index in [1.54, 1.807) is 19.1 Å². The highest BCUT2D eigenvalue weighted by atomic mass is 16.5. The molecule has 3 aliphatic carbocycles. The van der Waals surface area contributed by atoms with E-state index in [0.29, 0.717) is 16.0 Å². The Bertz CT molecular complexity index is 1360. The molecule has 5 rings (SSSR count). The summed E-state index contributed by atoms with van der Waals surface area (Å²) < 4.78 is 15.3. The molecule has 1 saturated heterocycles.